The Kier molecular flexibility index (Phi) is 5.76. The van der Waals surface area contributed by atoms with Crippen LogP contribution in [0.1, 0.15) is 21.7 Å². The minimum absolute atomic E-state index is 0.0641. The first-order chi connectivity index (χ1) is 17.0. The SMILES string of the molecule is CNC(=O)c1ccc(NC(=O)Cc2cc(-c3ccc4ncnn4c3)n(-c3cccc(C)n3)n2)cc1. The summed E-state index contributed by atoms with van der Waals surface area (Å²) in [5.74, 6) is 0.239. The number of fused-ring (bicyclic) bond motifs is 1. The Bertz CT molecular complexity index is 1530. The average Bonchev–Trinajstić information content (AvgIpc) is 3.50. The number of rotatable bonds is 6. The zero-order valence-electron chi connectivity index (χ0n) is 19.1. The Morgan fingerprint density at radius 1 is 1.03 bits per heavy atom. The van der Waals surface area contributed by atoms with Crippen LogP contribution in [0.3, 0.4) is 0 Å². The smallest absolute Gasteiger partial charge is 0.251 e. The van der Waals surface area contributed by atoms with Gasteiger partial charge in [-0.25, -0.2) is 19.2 Å². The molecule has 4 aromatic heterocycles. The standard InChI is InChI=1S/C25H22N8O2/c1-16-4-3-5-23(29-16)33-21(18-8-11-22-27-15-28-32(22)14-18)12-20(31-33)13-24(34)30-19-9-6-17(7-10-19)25(35)26-2/h3-12,14-15H,13H2,1-2H3,(H,26,35)(H,30,34). The fourth-order valence-electron chi connectivity index (χ4n) is 3.73. The lowest BCUT2D eigenvalue weighted by Gasteiger charge is -2.07. The van der Waals surface area contributed by atoms with Crippen LogP contribution < -0.4 is 10.6 Å². The Labute approximate surface area is 200 Å². The van der Waals surface area contributed by atoms with Gasteiger partial charge in [-0.2, -0.15) is 10.2 Å². The number of benzene rings is 1. The number of aryl methyl sites for hydroxylation is 1. The molecule has 0 aliphatic heterocycles. The molecule has 5 rings (SSSR count). The number of aromatic nitrogens is 6. The minimum Gasteiger partial charge on any atom is -0.355 e. The van der Waals surface area contributed by atoms with Crippen LogP contribution in [0.2, 0.25) is 0 Å². The molecule has 2 N–H and O–H groups in total. The fourth-order valence-corrected chi connectivity index (χ4v) is 3.73. The third-order valence-corrected chi connectivity index (χ3v) is 5.42. The lowest BCUT2D eigenvalue weighted by molar-refractivity contribution is -0.115. The summed E-state index contributed by atoms with van der Waals surface area (Å²) < 4.78 is 3.41. The van der Waals surface area contributed by atoms with Crippen LogP contribution in [0.25, 0.3) is 22.7 Å². The molecular weight excluding hydrogens is 444 g/mol. The van der Waals surface area contributed by atoms with Crippen LogP contribution in [0, 0.1) is 6.92 Å². The molecule has 5 aromatic rings. The van der Waals surface area contributed by atoms with E-state index in [0.717, 1.165) is 22.6 Å². The number of hydrogen-bond acceptors (Lipinski definition) is 6. The molecular formula is C25H22N8O2. The van der Waals surface area contributed by atoms with Crippen LogP contribution in [-0.2, 0) is 11.2 Å². The van der Waals surface area contributed by atoms with Crippen molar-refractivity contribution in [3.63, 3.8) is 0 Å². The number of carbonyl (C=O) groups excluding carboxylic acids is 2. The number of amides is 2. The molecule has 0 atom stereocenters. The Balaban J connectivity index is 1.43. The van der Waals surface area contributed by atoms with Gasteiger partial charge in [0.2, 0.25) is 5.91 Å². The van der Waals surface area contributed by atoms with Crippen molar-refractivity contribution in [2.24, 2.45) is 0 Å². The van der Waals surface area contributed by atoms with E-state index in [4.69, 9.17) is 5.10 Å². The van der Waals surface area contributed by atoms with Gasteiger partial charge >= 0.3 is 0 Å². The molecule has 35 heavy (non-hydrogen) atoms. The number of nitrogens with one attached hydrogen (secondary N) is 2. The van der Waals surface area contributed by atoms with Crippen LogP contribution in [0.5, 0.6) is 0 Å². The van der Waals surface area contributed by atoms with Gasteiger partial charge < -0.3 is 10.6 Å². The Morgan fingerprint density at radius 2 is 1.86 bits per heavy atom. The number of carbonyl (C=O) groups is 2. The van der Waals surface area contributed by atoms with Crippen LogP contribution >= 0.6 is 0 Å². The molecule has 10 nitrogen and oxygen atoms in total. The van der Waals surface area contributed by atoms with Crippen molar-refractivity contribution in [3.05, 3.63) is 90.1 Å². The lowest BCUT2D eigenvalue weighted by atomic mass is 10.1. The summed E-state index contributed by atoms with van der Waals surface area (Å²) in [6, 6.07) is 18.1. The second-order valence-electron chi connectivity index (χ2n) is 7.93. The molecule has 174 valence electrons. The summed E-state index contributed by atoms with van der Waals surface area (Å²) in [4.78, 5) is 33.3. The molecule has 0 bridgehead atoms. The fraction of sp³-hybridized carbons (Fsp3) is 0.120. The van der Waals surface area contributed by atoms with Gasteiger partial charge in [-0.15, -0.1) is 0 Å². The largest absolute Gasteiger partial charge is 0.355 e. The molecule has 0 saturated carbocycles. The molecule has 0 fully saturated rings. The molecule has 0 unspecified atom stereocenters. The molecule has 0 saturated heterocycles. The highest BCUT2D eigenvalue weighted by Gasteiger charge is 2.16. The first-order valence-corrected chi connectivity index (χ1v) is 10.9. The second kappa shape index (κ2) is 9.18. The van der Waals surface area contributed by atoms with Crippen molar-refractivity contribution in [2.75, 3.05) is 12.4 Å². The maximum Gasteiger partial charge on any atom is 0.251 e. The summed E-state index contributed by atoms with van der Waals surface area (Å²) in [5.41, 5.74) is 4.92. The van der Waals surface area contributed by atoms with Crippen molar-refractivity contribution in [2.45, 2.75) is 13.3 Å². The van der Waals surface area contributed by atoms with E-state index in [1.807, 2.05) is 49.5 Å². The van der Waals surface area contributed by atoms with E-state index in [9.17, 15) is 9.59 Å². The van der Waals surface area contributed by atoms with Gasteiger partial charge in [0.15, 0.2) is 11.5 Å². The maximum absolute atomic E-state index is 12.8. The topological polar surface area (TPSA) is 119 Å². The maximum atomic E-state index is 12.8. The highest BCUT2D eigenvalue weighted by atomic mass is 16.2. The molecule has 1 aromatic carbocycles. The molecule has 0 aliphatic rings. The molecule has 2 amide bonds. The number of hydrogen-bond donors (Lipinski definition) is 2. The van der Waals surface area contributed by atoms with Gasteiger partial charge in [-0.3, -0.25) is 9.59 Å². The van der Waals surface area contributed by atoms with E-state index in [1.165, 1.54) is 6.33 Å². The predicted octanol–water partition coefficient (Wildman–Crippen LogP) is 2.83. The number of anilines is 1. The van der Waals surface area contributed by atoms with Gasteiger partial charge in [0.1, 0.15) is 6.33 Å². The molecule has 0 spiro atoms. The summed E-state index contributed by atoms with van der Waals surface area (Å²) in [7, 11) is 1.57. The summed E-state index contributed by atoms with van der Waals surface area (Å²) >= 11 is 0. The molecule has 4 heterocycles. The third kappa shape index (κ3) is 4.62. The monoisotopic (exact) mass is 466 g/mol. The van der Waals surface area contributed by atoms with Gasteiger partial charge in [0, 0.05) is 35.8 Å². The van der Waals surface area contributed by atoms with Crippen molar-refractivity contribution in [1.82, 2.24) is 34.7 Å². The summed E-state index contributed by atoms with van der Waals surface area (Å²) in [5, 5.41) is 14.3. The Hall–Kier alpha value is -4.86. The van der Waals surface area contributed by atoms with Crippen molar-refractivity contribution >= 4 is 23.1 Å². The summed E-state index contributed by atoms with van der Waals surface area (Å²) in [6.45, 7) is 1.91. The lowest BCUT2D eigenvalue weighted by Crippen LogP contribution is -2.18. The van der Waals surface area contributed by atoms with Gasteiger partial charge in [0.05, 0.1) is 17.8 Å². The van der Waals surface area contributed by atoms with E-state index in [1.54, 1.807) is 40.5 Å². The van der Waals surface area contributed by atoms with Crippen molar-refractivity contribution in [1.29, 1.82) is 0 Å². The van der Waals surface area contributed by atoms with E-state index >= 15 is 0 Å². The second-order valence-corrected chi connectivity index (χ2v) is 7.93. The van der Waals surface area contributed by atoms with Gasteiger partial charge in [-0.1, -0.05) is 6.07 Å². The first-order valence-electron chi connectivity index (χ1n) is 10.9. The van der Waals surface area contributed by atoms with Gasteiger partial charge in [-0.05, 0) is 61.5 Å². The quantitative estimate of drug-likeness (QED) is 0.397. The first kappa shape index (κ1) is 22.0. The minimum atomic E-state index is -0.224. The predicted molar refractivity (Wildman–Crippen MR) is 130 cm³/mol. The zero-order valence-corrected chi connectivity index (χ0v) is 19.1. The highest BCUT2D eigenvalue weighted by Crippen LogP contribution is 2.24. The van der Waals surface area contributed by atoms with E-state index < -0.39 is 0 Å². The zero-order chi connectivity index (χ0) is 24.4. The third-order valence-electron chi connectivity index (χ3n) is 5.42. The molecule has 0 radical (unpaired) electrons. The van der Waals surface area contributed by atoms with Crippen molar-refractivity contribution < 1.29 is 9.59 Å². The Morgan fingerprint density at radius 3 is 2.63 bits per heavy atom. The van der Waals surface area contributed by atoms with E-state index in [-0.39, 0.29) is 18.2 Å². The highest BCUT2D eigenvalue weighted by molar-refractivity contribution is 5.96. The van der Waals surface area contributed by atoms with E-state index in [2.05, 4.69) is 25.7 Å². The van der Waals surface area contributed by atoms with Crippen LogP contribution in [0.4, 0.5) is 5.69 Å². The number of nitrogens with zero attached hydrogens (tertiary/aromatic N) is 6. The van der Waals surface area contributed by atoms with Crippen LogP contribution in [0.15, 0.2) is 73.2 Å². The molecule has 10 heteroatoms. The number of pyridine rings is 2. The average molecular weight is 467 g/mol. The van der Waals surface area contributed by atoms with Crippen LogP contribution in [-0.4, -0.2) is 48.2 Å². The van der Waals surface area contributed by atoms with Gasteiger partial charge in [0.25, 0.3) is 5.91 Å². The molecule has 0 aliphatic carbocycles. The normalized spacial score (nSPS) is 10.9. The van der Waals surface area contributed by atoms with E-state index in [0.29, 0.717) is 22.8 Å². The van der Waals surface area contributed by atoms with Crippen molar-refractivity contribution in [3.8, 4) is 17.1 Å². The summed E-state index contributed by atoms with van der Waals surface area (Å²) in [6.07, 6.45) is 3.42.